The summed E-state index contributed by atoms with van der Waals surface area (Å²) >= 11 is 0. The maximum absolute atomic E-state index is 8.80. The molecule has 0 amide bonds. The minimum atomic E-state index is 0.166. The molecular formula is C12H19NO2. The van der Waals surface area contributed by atoms with Crippen molar-refractivity contribution in [2.75, 3.05) is 19.8 Å². The number of hydrogen-bond acceptors (Lipinski definition) is 3. The maximum Gasteiger partial charge on any atom is 0.119 e. The zero-order valence-electron chi connectivity index (χ0n) is 9.15. The van der Waals surface area contributed by atoms with Gasteiger partial charge in [0.05, 0.1) is 6.61 Å². The molecule has 3 nitrogen and oxygen atoms in total. The fraction of sp³-hybridized carbons (Fsp3) is 0.500. The molecule has 0 saturated carbocycles. The van der Waals surface area contributed by atoms with Gasteiger partial charge < -0.3 is 15.6 Å². The first kappa shape index (κ1) is 12.0. The van der Waals surface area contributed by atoms with Gasteiger partial charge in [-0.1, -0.05) is 12.1 Å². The topological polar surface area (TPSA) is 55.5 Å². The molecule has 1 aromatic carbocycles. The number of aliphatic hydroxyl groups is 1. The van der Waals surface area contributed by atoms with E-state index in [9.17, 15) is 0 Å². The fourth-order valence-corrected chi connectivity index (χ4v) is 1.37. The van der Waals surface area contributed by atoms with E-state index < -0.39 is 0 Å². The van der Waals surface area contributed by atoms with Crippen molar-refractivity contribution in [2.24, 2.45) is 11.7 Å². The Labute approximate surface area is 90.9 Å². The number of benzene rings is 1. The van der Waals surface area contributed by atoms with Crippen LogP contribution in [-0.2, 0) is 0 Å². The van der Waals surface area contributed by atoms with Crippen molar-refractivity contribution in [2.45, 2.75) is 13.3 Å². The first-order chi connectivity index (χ1) is 7.26. The molecule has 1 aromatic rings. The Morgan fingerprint density at radius 1 is 1.47 bits per heavy atom. The summed E-state index contributed by atoms with van der Waals surface area (Å²) in [5, 5.41) is 8.80. The molecule has 0 radical (unpaired) electrons. The first-order valence-corrected chi connectivity index (χ1v) is 5.26. The predicted octanol–water partition coefficient (Wildman–Crippen LogP) is 1.33. The minimum absolute atomic E-state index is 0.166. The standard InChI is InChI=1S/C12H19NO2/c1-10-3-2-4-12(7-10)15-9-11(8-13)5-6-14/h2-4,7,11,14H,5-6,8-9,13H2,1H3. The van der Waals surface area contributed by atoms with Gasteiger partial charge in [0.1, 0.15) is 5.75 Å². The van der Waals surface area contributed by atoms with E-state index >= 15 is 0 Å². The second-order valence-electron chi connectivity index (χ2n) is 3.74. The highest BCUT2D eigenvalue weighted by molar-refractivity contribution is 5.27. The molecule has 3 N–H and O–H groups in total. The van der Waals surface area contributed by atoms with Gasteiger partial charge in [-0.05, 0) is 37.6 Å². The number of ether oxygens (including phenoxy) is 1. The predicted molar refractivity (Wildman–Crippen MR) is 60.9 cm³/mol. The van der Waals surface area contributed by atoms with Crippen LogP contribution in [0, 0.1) is 12.8 Å². The van der Waals surface area contributed by atoms with Crippen molar-refractivity contribution < 1.29 is 9.84 Å². The average Bonchev–Trinajstić information content (AvgIpc) is 2.24. The van der Waals surface area contributed by atoms with Gasteiger partial charge in [0.25, 0.3) is 0 Å². The van der Waals surface area contributed by atoms with E-state index in [0.717, 1.165) is 5.75 Å². The monoisotopic (exact) mass is 209 g/mol. The average molecular weight is 209 g/mol. The first-order valence-electron chi connectivity index (χ1n) is 5.26. The van der Waals surface area contributed by atoms with Crippen LogP contribution in [0.25, 0.3) is 0 Å². The smallest absolute Gasteiger partial charge is 0.119 e. The summed E-state index contributed by atoms with van der Waals surface area (Å²) < 4.78 is 5.60. The zero-order valence-corrected chi connectivity index (χ0v) is 9.15. The van der Waals surface area contributed by atoms with Crippen LogP contribution < -0.4 is 10.5 Å². The van der Waals surface area contributed by atoms with Crippen LogP contribution in [0.4, 0.5) is 0 Å². The Morgan fingerprint density at radius 3 is 2.87 bits per heavy atom. The Hall–Kier alpha value is -1.06. The third-order valence-corrected chi connectivity index (χ3v) is 2.35. The largest absolute Gasteiger partial charge is 0.493 e. The molecule has 0 aliphatic heterocycles. The van der Waals surface area contributed by atoms with Gasteiger partial charge in [-0.3, -0.25) is 0 Å². The number of aliphatic hydroxyl groups excluding tert-OH is 1. The summed E-state index contributed by atoms with van der Waals surface area (Å²) in [7, 11) is 0. The van der Waals surface area contributed by atoms with E-state index in [4.69, 9.17) is 15.6 Å². The highest BCUT2D eigenvalue weighted by Gasteiger charge is 2.06. The quantitative estimate of drug-likeness (QED) is 0.743. The van der Waals surface area contributed by atoms with E-state index in [0.29, 0.717) is 19.6 Å². The van der Waals surface area contributed by atoms with Gasteiger partial charge in [0, 0.05) is 12.5 Å². The molecule has 3 heteroatoms. The van der Waals surface area contributed by atoms with Crippen molar-refractivity contribution in [3.8, 4) is 5.75 Å². The van der Waals surface area contributed by atoms with Crippen LogP contribution >= 0.6 is 0 Å². The molecule has 0 aliphatic carbocycles. The summed E-state index contributed by atoms with van der Waals surface area (Å²) in [6, 6.07) is 7.92. The number of nitrogens with two attached hydrogens (primary N) is 1. The minimum Gasteiger partial charge on any atom is -0.493 e. The van der Waals surface area contributed by atoms with Crippen LogP contribution in [-0.4, -0.2) is 24.9 Å². The molecule has 0 spiro atoms. The molecule has 0 bridgehead atoms. The summed E-state index contributed by atoms with van der Waals surface area (Å²) in [5.74, 6) is 1.10. The molecule has 84 valence electrons. The Kier molecular flexibility index (Phi) is 5.15. The lowest BCUT2D eigenvalue weighted by atomic mass is 10.1. The highest BCUT2D eigenvalue weighted by atomic mass is 16.5. The molecule has 1 atom stereocenters. The SMILES string of the molecule is Cc1cccc(OCC(CN)CCO)c1. The highest BCUT2D eigenvalue weighted by Crippen LogP contribution is 2.13. The normalized spacial score (nSPS) is 12.5. The van der Waals surface area contributed by atoms with Gasteiger partial charge in [0.2, 0.25) is 0 Å². The lowest BCUT2D eigenvalue weighted by Gasteiger charge is -2.14. The molecule has 15 heavy (non-hydrogen) atoms. The maximum atomic E-state index is 8.80. The van der Waals surface area contributed by atoms with Crippen LogP contribution in [0.3, 0.4) is 0 Å². The van der Waals surface area contributed by atoms with Crippen LogP contribution in [0.15, 0.2) is 24.3 Å². The second-order valence-corrected chi connectivity index (χ2v) is 3.74. The lowest BCUT2D eigenvalue weighted by Crippen LogP contribution is -2.22. The zero-order chi connectivity index (χ0) is 11.1. The lowest BCUT2D eigenvalue weighted by molar-refractivity contribution is 0.201. The number of hydrogen-bond donors (Lipinski definition) is 2. The van der Waals surface area contributed by atoms with E-state index in [1.807, 2.05) is 31.2 Å². The second kappa shape index (κ2) is 6.43. The number of rotatable bonds is 6. The Bertz CT molecular complexity index is 289. The fourth-order valence-electron chi connectivity index (χ4n) is 1.37. The molecule has 0 aromatic heterocycles. The van der Waals surface area contributed by atoms with Gasteiger partial charge in [-0.25, -0.2) is 0 Å². The van der Waals surface area contributed by atoms with Crippen molar-refractivity contribution in [1.82, 2.24) is 0 Å². The summed E-state index contributed by atoms with van der Waals surface area (Å²) in [6.07, 6.45) is 0.697. The number of aryl methyl sites for hydroxylation is 1. The van der Waals surface area contributed by atoms with Gasteiger partial charge in [-0.2, -0.15) is 0 Å². The van der Waals surface area contributed by atoms with E-state index in [1.165, 1.54) is 5.56 Å². The third kappa shape index (κ3) is 4.32. The Morgan fingerprint density at radius 2 is 2.27 bits per heavy atom. The van der Waals surface area contributed by atoms with Crippen LogP contribution in [0.2, 0.25) is 0 Å². The summed E-state index contributed by atoms with van der Waals surface area (Å²) in [5.41, 5.74) is 6.74. The molecule has 0 fully saturated rings. The van der Waals surface area contributed by atoms with Crippen LogP contribution in [0.1, 0.15) is 12.0 Å². The van der Waals surface area contributed by atoms with E-state index in [-0.39, 0.29) is 12.5 Å². The van der Waals surface area contributed by atoms with Crippen molar-refractivity contribution in [1.29, 1.82) is 0 Å². The molecular weight excluding hydrogens is 190 g/mol. The molecule has 0 aliphatic rings. The van der Waals surface area contributed by atoms with Crippen LogP contribution in [0.5, 0.6) is 5.75 Å². The molecule has 0 heterocycles. The third-order valence-electron chi connectivity index (χ3n) is 2.35. The molecule has 1 unspecified atom stereocenters. The summed E-state index contributed by atoms with van der Waals surface area (Å²) in [6.45, 7) is 3.31. The van der Waals surface area contributed by atoms with Gasteiger partial charge in [-0.15, -0.1) is 0 Å². The van der Waals surface area contributed by atoms with E-state index in [2.05, 4.69) is 0 Å². The Balaban J connectivity index is 2.41. The van der Waals surface area contributed by atoms with Crippen molar-refractivity contribution in [3.63, 3.8) is 0 Å². The molecule has 0 saturated heterocycles. The van der Waals surface area contributed by atoms with E-state index in [1.54, 1.807) is 0 Å². The van der Waals surface area contributed by atoms with Crippen molar-refractivity contribution >= 4 is 0 Å². The summed E-state index contributed by atoms with van der Waals surface area (Å²) in [4.78, 5) is 0. The van der Waals surface area contributed by atoms with Crippen molar-refractivity contribution in [3.05, 3.63) is 29.8 Å². The van der Waals surface area contributed by atoms with Gasteiger partial charge in [0.15, 0.2) is 0 Å². The molecule has 1 rings (SSSR count). The van der Waals surface area contributed by atoms with Gasteiger partial charge >= 0.3 is 0 Å².